The Balaban J connectivity index is 1.60. The van der Waals surface area contributed by atoms with Crippen molar-refractivity contribution in [3.05, 3.63) is 88.5 Å². The van der Waals surface area contributed by atoms with Crippen molar-refractivity contribution in [2.75, 3.05) is 31.4 Å². The monoisotopic (exact) mass is 545 g/mol. The first-order valence-corrected chi connectivity index (χ1v) is 13.3. The molecule has 3 aromatic carbocycles. The Morgan fingerprint density at radius 2 is 1.67 bits per heavy atom. The summed E-state index contributed by atoms with van der Waals surface area (Å²) in [6.07, 6.45) is 0. The number of carbonyl (C=O) groups is 3. The SMILES string of the molecule is COc1ccc(C(=O)Nc2cccc(SC3=C(Nc4ccc(C)cc4)C(=O)N(CC(C)C)C3=O)c2)c(OC)c1. The zero-order valence-corrected chi connectivity index (χ0v) is 23.3. The van der Waals surface area contributed by atoms with Gasteiger partial charge in [-0.05, 0) is 55.3 Å². The Morgan fingerprint density at radius 3 is 2.33 bits per heavy atom. The van der Waals surface area contributed by atoms with E-state index in [1.54, 1.807) is 43.5 Å². The van der Waals surface area contributed by atoms with Crippen LogP contribution in [0.2, 0.25) is 0 Å². The number of imide groups is 1. The van der Waals surface area contributed by atoms with Crippen LogP contribution < -0.4 is 20.1 Å². The summed E-state index contributed by atoms with van der Waals surface area (Å²) < 4.78 is 10.6. The van der Waals surface area contributed by atoms with E-state index >= 15 is 0 Å². The standard InChI is InChI=1S/C30H31N3O5S/c1-18(2)17-33-29(35)26(31-20-11-9-19(3)10-12-20)27(30(33)36)39-23-8-6-7-21(15-23)32-28(34)24-14-13-22(37-4)16-25(24)38-5/h6-16,18,31H,17H2,1-5H3,(H,32,34). The molecular formula is C30H31N3O5S. The minimum absolute atomic E-state index is 0.122. The van der Waals surface area contributed by atoms with Crippen LogP contribution in [0.4, 0.5) is 11.4 Å². The van der Waals surface area contributed by atoms with Gasteiger partial charge in [0, 0.05) is 28.9 Å². The summed E-state index contributed by atoms with van der Waals surface area (Å²) in [5.74, 6) is 0.0322. The quantitative estimate of drug-likeness (QED) is 0.315. The van der Waals surface area contributed by atoms with Gasteiger partial charge < -0.3 is 20.1 Å². The highest BCUT2D eigenvalue weighted by Crippen LogP contribution is 2.37. The van der Waals surface area contributed by atoms with Gasteiger partial charge in [-0.1, -0.05) is 49.4 Å². The summed E-state index contributed by atoms with van der Waals surface area (Å²) in [4.78, 5) is 42.0. The topological polar surface area (TPSA) is 97.0 Å². The molecule has 0 aliphatic carbocycles. The number of hydrogen-bond donors (Lipinski definition) is 2. The molecule has 3 aromatic rings. The van der Waals surface area contributed by atoms with E-state index in [0.29, 0.717) is 39.1 Å². The van der Waals surface area contributed by atoms with Crippen molar-refractivity contribution < 1.29 is 23.9 Å². The Hall–Kier alpha value is -4.24. The summed E-state index contributed by atoms with van der Waals surface area (Å²) in [6, 6.07) is 19.7. The molecule has 0 radical (unpaired) electrons. The first-order chi connectivity index (χ1) is 18.7. The number of carbonyl (C=O) groups excluding carboxylic acids is 3. The lowest BCUT2D eigenvalue weighted by atomic mass is 10.1. The number of nitrogens with one attached hydrogen (secondary N) is 2. The minimum Gasteiger partial charge on any atom is -0.497 e. The lowest BCUT2D eigenvalue weighted by Crippen LogP contribution is -2.35. The molecule has 0 unspecified atom stereocenters. The smallest absolute Gasteiger partial charge is 0.278 e. The summed E-state index contributed by atoms with van der Waals surface area (Å²) in [5, 5.41) is 6.04. The summed E-state index contributed by atoms with van der Waals surface area (Å²) in [7, 11) is 3.03. The van der Waals surface area contributed by atoms with Gasteiger partial charge in [0.25, 0.3) is 17.7 Å². The van der Waals surface area contributed by atoms with E-state index in [9.17, 15) is 14.4 Å². The lowest BCUT2D eigenvalue weighted by molar-refractivity contribution is -0.137. The van der Waals surface area contributed by atoms with E-state index in [1.165, 1.54) is 23.8 Å². The number of amides is 3. The van der Waals surface area contributed by atoms with Crippen molar-refractivity contribution in [1.82, 2.24) is 4.90 Å². The van der Waals surface area contributed by atoms with E-state index < -0.39 is 0 Å². The van der Waals surface area contributed by atoms with Gasteiger partial charge in [0.2, 0.25) is 0 Å². The second-order valence-electron chi connectivity index (χ2n) is 9.46. The number of nitrogens with zero attached hydrogens (tertiary/aromatic N) is 1. The van der Waals surface area contributed by atoms with E-state index in [-0.39, 0.29) is 29.3 Å². The van der Waals surface area contributed by atoms with Gasteiger partial charge in [0.1, 0.15) is 22.1 Å². The molecule has 0 saturated heterocycles. The van der Waals surface area contributed by atoms with Crippen molar-refractivity contribution >= 4 is 40.9 Å². The molecule has 0 bridgehead atoms. The number of aryl methyl sites for hydroxylation is 1. The van der Waals surface area contributed by atoms with E-state index in [4.69, 9.17) is 9.47 Å². The number of anilines is 2. The highest BCUT2D eigenvalue weighted by Gasteiger charge is 2.39. The number of methoxy groups -OCH3 is 2. The molecule has 0 saturated carbocycles. The fraction of sp³-hybridized carbons (Fsp3) is 0.233. The second-order valence-corrected chi connectivity index (χ2v) is 10.5. The van der Waals surface area contributed by atoms with Crippen molar-refractivity contribution in [2.24, 2.45) is 5.92 Å². The maximum Gasteiger partial charge on any atom is 0.278 e. The molecule has 2 N–H and O–H groups in total. The van der Waals surface area contributed by atoms with Gasteiger partial charge in [-0.3, -0.25) is 19.3 Å². The van der Waals surface area contributed by atoms with Gasteiger partial charge >= 0.3 is 0 Å². The van der Waals surface area contributed by atoms with E-state index in [2.05, 4.69) is 10.6 Å². The van der Waals surface area contributed by atoms with E-state index in [0.717, 1.165) is 11.3 Å². The average molecular weight is 546 g/mol. The van der Waals surface area contributed by atoms with E-state index in [1.807, 2.05) is 51.1 Å². The van der Waals surface area contributed by atoms with Crippen LogP contribution in [0, 0.1) is 12.8 Å². The molecule has 202 valence electrons. The molecule has 39 heavy (non-hydrogen) atoms. The fourth-order valence-electron chi connectivity index (χ4n) is 4.01. The van der Waals surface area contributed by atoms with Crippen LogP contribution in [0.15, 0.2) is 82.2 Å². The zero-order valence-electron chi connectivity index (χ0n) is 22.5. The third kappa shape index (κ3) is 6.43. The second kappa shape index (κ2) is 12.1. The molecule has 0 fully saturated rings. The van der Waals surface area contributed by atoms with Crippen molar-refractivity contribution in [2.45, 2.75) is 25.7 Å². The molecule has 4 rings (SSSR count). The van der Waals surface area contributed by atoms with Gasteiger partial charge in [-0.25, -0.2) is 0 Å². The predicted octanol–water partition coefficient (Wildman–Crippen LogP) is 5.71. The number of hydrogen-bond acceptors (Lipinski definition) is 7. The molecule has 3 amide bonds. The Kier molecular flexibility index (Phi) is 8.61. The first kappa shape index (κ1) is 27.8. The maximum atomic E-state index is 13.4. The number of benzene rings is 3. The van der Waals surface area contributed by atoms with Crippen LogP contribution >= 0.6 is 11.8 Å². The highest BCUT2D eigenvalue weighted by molar-refractivity contribution is 8.04. The molecule has 1 aliphatic rings. The van der Waals surface area contributed by atoms with Crippen molar-refractivity contribution in [1.29, 1.82) is 0 Å². The number of rotatable bonds is 10. The third-order valence-corrected chi connectivity index (χ3v) is 7.03. The summed E-state index contributed by atoms with van der Waals surface area (Å²) in [6.45, 7) is 6.22. The van der Waals surface area contributed by atoms with Gasteiger partial charge in [0.05, 0.1) is 19.8 Å². The number of ether oxygens (including phenoxy) is 2. The van der Waals surface area contributed by atoms with Gasteiger partial charge in [-0.2, -0.15) is 0 Å². The molecule has 1 heterocycles. The van der Waals surface area contributed by atoms with Crippen molar-refractivity contribution in [3.8, 4) is 11.5 Å². The summed E-state index contributed by atoms with van der Waals surface area (Å²) >= 11 is 1.19. The largest absolute Gasteiger partial charge is 0.497 e. The van der Waals surface area contributed by atoms with Crippen LogP contribution in [-0.4, -0.2) is 43.4 Å². The lowest BCUT2D eigenvalue weighted by Gasteiger charge is -2.17. The number of thioether (sulfide) groups is 1. The Bertz CT molecular complexity index is 1430. The minimum atomic E-state index is -0.354. The van der Waals surface area contributed by atoms with Crippen LogP contribution in [0.3, 0.4) is 0 Å². The Labute approximate surface area is 232 Å². The van der Waals surface area contributed by atoms with Gasteiger partial charge in [0.15, 0.2) is 0 Å². The van der Waals surface area contributed by atoms with Crippen molar-refractivity contribution in [3.63, 3.8) is 0 Å². The van der Waals surface area contributed by atoms with Crippen LogP contribution in [0.25, 0.3) is 0 Å². The van der Waals surface area contributed by atoms with Crippen LogP contribution in [0.5, 0.6) is 11.5 Å². The molecule has 9 heteroatoms. The molecule has 0 atom stereocenters. The maximum absolute atomic E-state index is 13.4. The van der Waals surface area contributed by atoms with Crippen LogP contribution in [-0.2, 0) is 9.59 Å². The zero-order chi connectivity index (χ0) is 28.1. The first-order valence-electron chi connectivity index (χ1n) is 12.5. The molecular weight excluding hydrogens is 514 g/mol. The molecule has 0 spiro atoms. The Morgan fingerprint density at radius 1 is 0.923 bits per heavy atom. The van der Waals surface area contributed by atoms with Crippen LogP contribution in [0.1, 0.15) is 29.8 Å². The fourth-order valence-corrected chi connectivity index (χ4v) is 5.02. The highest BCUT2D eigenvalue weighted by atomic mass is 32.2. The average Bonchev–Trinajstić information content (AvgIpc) is 3.13. The van der Waals surface area contributed by atoms with Gasteiger partial charge in [-0.15, -0.1) is 0 Å². The molecule has 1 aliphatic heterocycles. The third-order valence-electron chi connectivity index (χ3n) is 5.96. The molecule has 8 nitrogen and oxygen atoms in total. The summed E-state index contributed by atoms with van der Waals surface area (Å²) in [5.41, 5.74) is 2.94. The predicted molar refractivity (Wildman–Crippen MR) is 153 cm³/mol. The molecule has 0 aromatic heterocycles. The normalized spacial score (nSPS) is 13.2.